The van der Waals surface area contributed by atoms with Gasteiger partial charge in [0.05, 0.1) is 20.1 Å². The molecule has 0 aliphatic carbocycles. The van der Waals surface area contributed by atoms with Crippen molar-refractivity contribution in [1.29, 1.82) is 0 Å². The van der Waals surface area contributed by atoms with Crippen LogP contribution in [0.15, 0.2) is 10.9 Å². The van der Waals surface area contributed by atoms with Crippen LogP contribution in [0.1, 0.15) is 11.8 Å². The number of hydrogen-bond donors (Lipinski definition) is 4. The van der Waals surface area contributed by atoms with Crippen LogP contribution in [0.3, 0.4) is 0 Å². The number of ether oxygens (including phenoxy) is 1. The van der Waals surface area contributed by atoms with Crippen molar-refractivity contribution in [2.24, 2.45) is 0 Å². The van der Waals surface area contributed by atoms with E-state index in [1.807, 2.05) is 0 Å². The number of H-pyrrole nitrogens is 1. The normalized spacial score (nSPS) is 27.1. The third kappa shape index (κ3) is 6.15. The monoisotopic (exact) mass is 367 g/mol. The van der Waals surface area contributed by atoms with Gasteiger partial charge in [0.2, 0.25) is 0 Å². The SMILES string of the molecule is Nc1cc([C@@H]2O[C@H](CO)[C@@H](OP(=O)([O-])[O-])[C@H]2O)[nH]c(=O)n1.[Na+].[Na+]. The van der Waals surface area contributed by atoms with E-state index in [1.165, 1.54) is 6.07 Å². The van der Waals surface area contributed by atoms with Gasteiger partial charge >= 0.3 is 64.8 Å². The molecule has 0 bridgehead atoms. The van der Waals surface area contributed by atoms with E-state index >= 15 is 0 Å². The van der Waals surface area contributed by atoms with Crippen molar-refractivity contribution in [2.45, 2.75) is 24.4 Å². The van der Waals surface area contributed by atoms with E-state index in [9.17, 15) is 24.3 Å². The number of aliphatic hydroxyl groups is 2. The van der Waals surface area contributed by atoms with Gasteiger partial charge in [0.1, 0.15) is 30.2 Å². The Labute approximate surface area is 174 Å². The average Bonchev–Trinajstić information content (AvgIpc) is 2.63. The summed E-state index contributed by atoms with van der Waals surface area (Å²) in [4.78, 5) is 38.2. The molecular formula is C9H12N3Na2O8P. The molecule has 14 heteroatoms. The molecule has 2 heterocycles. The van der Waals surface area contributed by atoms with Crippen molar-refractivity contribution in [3.8, 4) is 0 Å². The van der Waals surface area contributed by atoms with Crippen LogP contribution in [0.25, 0.3) is 0 Å². The Morgan fingerprint density at radius 2 is 2.09 bits per heavy atom. The topological polar surface area (TPSA) is 194 Å². The minimum absolute atomic E-state index is 0. The number of nitrogen functional groups attached to an aromatic ring is 1. The summed E-state index contributed by atoms with van der Waals surface area (Å²) in [5.74, 6) is -0.146. The first-order chi connectivity index (χ1) is 9.71. The first-order valence-electron chi connectivity index (χ1n) is 5.73. The van der Waals surface area contributed by atoms with E-state index in [0.717, 1.165) is 0 Å². The molecular weight excluding hydrogens is 355 g/mol. The molecule has 1 saturated heterocycles. The summed E-state index contributed by atoms with van der Waals surface area (Å²) in [6, 6.07) is 1.19. The van der Waals surface area contributed by atoms with Crippen molar-refractivity contribution in [3.05, 3.63) is 22.2 Å². The van der Waals surface area contributed by atoms with Crippen molar-refractivity contribution in [2.75, 3.05) is 12.3 Å². The number of phosphoric acid groups is 1. The van der Waals surface area contributed by atoms with Crippen molar-refractivity contribution in [1.82, 2.24) is 9.97 Å². The maximum absolute atomic E-state index is 11.2. The number of anilines is 1. The largest absolute Gasteiger partial charge is 1.00 e. The van der Waals surface area contributed by atoms with Crippen molar-refractivity contribution >= 4 is 13.6 Å². The average molecular weight is 367 g/mol. The maximum atomic E-state index is 11.2. The molecule has 5 N–H and O–H groups in total. The molecule has 2 rings (SSSR count). The third-order valence-corrected chi connectivity index (χ3v) is 3.36. The minimum atomic E-state index is -5.40. The summed E-state index contributed by atoms with van der Waals surface area (Å²) in [7, 11) is -5.40. The van der Waals surface area contributed by atoms with Gasteiger partial charge in [-0.3, -0.25) is 0 Å². The first kappa shape index (κ1) is 23.7. The molecule has 0 amide bonds. The molecule has 0 saturated carbocycles. The standard InChI is InChI=1S/C9H14N3O8P.2Na/c10-5-1-3(11-9(15)12-5)7-6(14)8(4(2-13)19-7)20-21(16,17)18;;/h1,4,6-8,13-14H,2H2,(H2,16,17,18)(H3,10,11,12,15);;/q;2*+1/p-2/t4-,6+,7+,8-;;/m1../s1. The van der Waals surface area contributed by atoms with Gasteiger partial charge in [0.15, 0.2) is 0 Å². The Kier molecular flexibility index (Phi) is 9.66. The van der Waals surface area contributed by atoms with Gasteiger partial charge in [0.25, 0.3) is 0 Å². The van der Waals surface area contributed by atoms with Gasteiger partial charge in [-0.05, 0) is 0 Å². The summed E-state index contributed by atoms with van der Waals surface area (Å²) in [5.41, 5.74) is 4.59. The van der Waals surface area contributed by atoms with E-state index < -0.39 is 44.5 Å². The number of aromatic amines is 1. The second kappa shape index (κ2) is 9.39. The van der Waals surface area contributed by atoms with E-state index in [0.29, 0.717) is 0 Å². The van der Waals surface area contributed by atoms with Crippen LogP contribution < -0.4 is 80.3 Å². The summed E-state index contributed by atoms with van der Waals surface area (Å²) in [6.07, 6.45) is -5.72. The predicted octanol–water partition coefficient (Wildman–Crippen LogP) is -9.63. The molecule has 0 unspecified atom stereocenters. The molecule has 11 nitrogen and oxygen atoms in total. The second-order valence-electron chi connectivity index (χ2n) is 4.35. The van der Waals surface area contributed by atoms with Crippen LogP contribution >= 0.6 is 7.82 Å². The van der Waals surface area contributed by atoms with Crippen LogP contribution in [0.4, 0.5) is 5.82 Å². The molecule has 1 fully saturated rings. The predicted molar refractivity (Wildman–Crippen MR) is 62.5 cm³/mol. The fraction of sp³-hybridized carbons (Fsp3) is 0.556. The molecule has 1 aromatic rings. The number of nitrogens with one attached hydrogen (secondary N) is 1. The van der Waals surface area contributed by atoms with Gasteiger partial charge < -0.3 is 44.5 Å². The first-order valence-corrected chi connectivity index (χ1v) is 7.19. The smallest absolute Gasteiger partial charge is 0.790 e. The Morgan fingerprint density at radius 3 is 2.57 bits per heavy atom. The maximum Gasteiger partial charge on any atom is 1.00 e. The zero-order valence-corrected chi connectivity index (χ0v) is 17.3. The van der Waals surface area contributed by atoms with Crippen LogP contribution in [0.2, 0.25) is 0 Å². The Morgan fingerprint density at radius 1 is 1.48 bits per heavy atom. The van der Waals surface area contributed by atoms with E-state index in [-0.39, 0.29) is 70.6 Å². The van der Waals surface area contributed by atoms with Crippen LogP contribution in [-0.2, 0) is 13.8 Å². The van der Waals surface area contributed by atoms with Gasteiger partial charge in [0, 0.05) is 6.07 Å². The molecule has 0 spiro atoms. The van der Waals surface area contributed by atoms with E-state index in [4.69, 9.17) is 15.6 Å². The van der Waals surface area contributed by atoms with Gasteiger partial charge in [-0.2, -0.15) is 4.98 Å². The molecule has 0 radical (unpaired) electrons. The number of aliphatic hydroxyl groups excluding tert-OH is 2. The second-order valence-corrected chi connectivity index (χ2v) is 5.46. The summed E-state index contributed by atoms with van der Waals surface area (Å²) >= 11 is 0. The number of rotatable bonds is 4. The molecule has 118 valence electrons. The quantitative estimate of drug-likeness (QED) is 0.293. The van der Waals surface area contributed by atoms with E-state index in [2.05, 4.69) is 14.5 Å². The molecule has 1 aromatic heterocycles. The number of aromatic nitrogens is 2. The van der Waals surface area contributed by atoms with Gasteiger partial charge in [-0.1, -0.05) is 0 Å². The Bertz CT molecular complexity index is 625. The number of hydrogen-bond acceptors (Lipinski definition) is 10. The fourth-order valence-electron chi connectivity index (χ4n) is 2.07. The minimum Gasteiger partial charge on any atom is -0.790 e. The third-order valence-electron chi connectivity index (χ3n) is 2.86. The molecule has 0 aromatic carbocycles. The Balaban J connectivity index is 0.00000242. The zero-order valence-electron chi connectivity index (χ0n) is 12.4. The van der Waals surface area contributed by atoms with Gasteiger partial charge in [-0.25, -0.2) is 4.79 Å². The van der Waals surface area contributed by atoms with Crippen molar-refractivity contribution < 1.29 is 92.9 Å². The Hall–Kier alpha value is 0.670. The number of phosphoric ester groups is 1. The number of nitrogens with two attached hydrogens (primary N) is 1. The molecule has 4 atom stereocenters. The summed E-state index contributed by atoms with van der Waals surface area (Å²) in [5, 5.41) is 19.1. The number of nitrogens with zero attached hydrogens (tertiary/aromatic N) is 1. The van der Waals surface area contributed by atoms with E-state index in [1.54, 1.807) is 0 Å². The summed E-state index contributed by atoms with van der Waals surface area (Å²) < 4.78 is 20.1. The van der Waals surface area contributed by atoms with Gasteiger partial charge in [-0.15, -0.1) is 0 Å². The summed E-state index contributed by atoms with van der Waals surface area (Å²) in [6.45, 7) is -0.705. The molecule has 23 heavy (non-hydrogen) atoms. The van der Waals surface area contributed by atoms with Crippen molar-refractivity contribution in [3.63, 3.8) is 0 Å². The van der Waals surface area contributed by atoms with Crippen LogP contribution in [0, 0.1) is 0 Å². The fourth-order valence-corrected chi connectivity index (χ4v) is 2.63. The zero-order chi connectivity index (χ0) is 15.8. The molecule has 1 aliphatic heterocycles. The van der Waals surface area contributed by atoms with Crippen LogP contribution in [-0.4, -0.2) is 45.1 Å². The van der Waals surface area contributed by atoms with Crippen LogP contribution in [0.5, 0.6) is 0 Å². The molecule has 1 aliphatic rings.